The van der Waals surface area contributed by atoms with Crippen molar-refractivity contribution in [3.63, 3.8) is 0 Å². The number of aryl methyl sites for hydroxylation is 1. The summed E-state index contributed by atoms with van der Waals surface area (Å²) in [6.45, 7) is 1.56. The van der Waals surface area contributed by atoms with E-state index in [1.54, 1.807) is 0 Å². The number of hydrogen-bond donors (Lipinski definition) is 3. The first kappa shape index (κ1) is 16.2. The van der Waals surface area contributed by atoms with Crippen molar-refractivity contribution >= 4 is 22.5 Å². The first-order valence-electron chi connectivity index (χ1n) is 6.50. The number of amides is 2. The number of hydrogen-bond acceptors (Lipinski definition) is 5. The molecule has 0 aliphatic rings. The van der Waals surface area contributed by atoms with Gasteiger partial charge in [-0.05, 0) is 18.6 Å². The zero-order valence-electron chi connectivity index (χ0n) is 11.6. The Morgan fingerprint density at radius 1 is 1.36 bits per heavy atom. The van der Waals surface area contributed by atoms with Gasteiger partial charge in [0.15, 0.2) is 0 Å². The molecule has 0 spiro atoms. The molecule has 2 amide bonds. The van der Waals surface area contributed by atoms with E-state index in [2.05, 4.69) is 20.8 Å². The molecule has 1 unspecified atom stereocenters. The molecule has 3 N–H and O–H groups in total. The Bertz CT molecular complexity index is 645. The molecule has 0 aliphatic carbocycles. The molecule has 6 nitrogen and oxygen atoms in total. The van der Waals surface area contributed by atoms with Gasteiger partial charge in [0, 0.05) is 6.54 Å². The minimum Gasteiger partial charge on any atom is -0.386 e. The molecule has 0 bridgehead atoms. The third-order valence-corrected chi connectivity index (χ3v) is 3.76. The van der Waals surface area contributed by atoms with Crippen molar-refractivity contribution < 1.29 is 18.7 Å². The number of urea groups is 1. The van der Waals surface area contributed by atoms with Crippen LogP contribution in [-0.2, 0) is 6.42 Å². The van der Waals surface area contributed by atoms with E-state index in [-0.39, 0.29) is 6.54 Å². The number of anilines is 1. The average Bonchev–Trinajstić information content (AvgIpc) is 2.92. The maximum atomic E-state index is 13.5. The van der Waals surface area contributed by atoms with E-state index in [0.29, 0.717) is 11.6 Å². The Morgan fingerprint density at radius 2 is 2.05 bits per heavy atom. The Morgan fingerprint density at radius 3 is 2.64 bits per heavy atom. The fraction of sp³-hybridized carbons (Fsp3) is 0.308. The summed E-state index contributed by atoms with van der Waals surface area (Å²) in [6.07, 6.45) is -0.792. The zero-order valence-corrected chi connectivity index (χ0v) is 12.5. The van der Waals surface area contributed by atoms with Crippen molar-refractivity contribution in [1.29, 1.82) is 0 Å². The van der Waals surface area contributed by atoms with Crippen molar-refractivity contribution in [2.45, 2.75) is 19.4 Å². The van der Waals surface area contributed by atoms with Crippen molar-refractivity contribution in [1.82, 2.24) is 15.5 Å². The predicted molar refractivity (Wildman–Crippen MR) is 77.6 cm³/mol. The lowest BCUT2D eigenvalue weighted by Gasteiger charge is -2.13. The van der Waals surface area contributed by atoms with Crippen LogP contribution in [0.25, 0.3) is 0 Å². The van der Waals surface area contributed by atoms with Gasteiger partial charge in [0.05, 0.1) is 5.56 Å². The van der Waals surface area contributed by atoms with Crippen molar-refractivity contribution in [2.24, 2.45) is 0 Å². The lowest BCUT2D eigenvalue weighted by molar-refractivity contribution is 0.166. The van der Waals surface area contributed by atoms with Crippen molar-refractivity contribution in [2.75, 3.05) is 11.9 Å². The van der Waals surface area contributed by atoms with E-state index in [9.17, 15) is 18.7 Å². The Labute approximate surface area is 129 Å². The normalized spacial score (nSPS) is 12.0. The van der Waals surface area contributed by atoms with E-state index in [4.69, 9.17) is 0 Å². The van der Waals surface area contributed by atoms with Crippen LogP contribution in [0.3, 0.4) is 0 Å². The molecule has 9 heteroatoms. The maximum Gasteiger partial charge on any atom is 0.321 e. The number of rotatable bonds is 5. The summed E-state index contributed by atoms with van der Waals surface area (Å²) >= 11 is 1.22. The SMILES string of the molecule is CCc1nnc(NC(=O)NCC(O)c2c(F)cccc2F)s1. The lowest BCUT2D eigenvalue weighted by Crippen LogP contribution is -2.32. The van der Waals surface area contributed by atoms with Crippen LogP contribution in [0.15, 0.2) is 18.2 Å². The predicted octanol–water partition coefficient (Wildman–Crippen LogP) is 2.23. The number of benzene rings is 1. The molecule has 118 valence electrons. The highest BCUT2D eigenvalue weighted by Gasteiger charge is 2.18. The van der Waals surface area contributed by atoms with Crippen LogP contribution < -0.4 is 10.6 Å². The summed E-state index contributed by atoms with van der Waals surface area (Å²) in [5.41, 5.74) is -0.480. The molecule has 1 heterocycles. The standard InChI is InChI=1S/C13H14F2N4O2S/c1-2-10-18-19-13(22-10)17-12(21)16-6-9(20)11-7(14)4-3-5-8(11)15/h3-5,9,20H,2,6H2,1H3,(H2,16,17,19,21). The number of carbonyl (C=O) groups is 1. The summed E-state index contributed by atoms with van der Waals surface area (Å²) in [5, 5.41) is 23.2. The van der Waals surface area contributed by atoms with E-state index < -0.39 is 29.3 Å². The Hall–Kier alpha value is -2.13. The first-order valence-corrected chi connectivity index (χ1v) is 7.32. The summed E-state index contributed by atoms with van der Waals surface area (Å²) in [5.74, 6) is -1.74. The van der Waals surface area contributed by atoms with Crippen molar-refractivity contribution in [3.05, 3.63) is 40.4 Å². The number of aliphatic hydroxyl groups excluding tert-OH is 1. The number of nitrogens with zero attached hydrogens (tertiary/aromatic N) is 2. The lowest BCUT2D eigenvalue weighted by atomic mass is 10.1. The third kappa shape index (κ3) is 3.95. The van der Waals surface area contributed by atoms with Crippen LogP contribution in [0.4, 0.5) is 18.7 Å². The van der Waals surface area contributed by atoms with E-state index >= 15 is 0 Å². The average molecular weight is 328 g/mol. The second-order valence-electron chi connectivity index (χ2n) is 4.34. The molecule has 2 aromatic rings. The number of aliphatic hydroxyl groups is 1. The quantitative estimate of drug-likeness (QED) is 0.785. The minimum atomic E-state index is -1.49. The van der Waals surface area contributed by atoms with E-state index in [1.165, 1.54) is 17.4 Å². The number of carbonyl (C=O) groups excluding carboxylic acids is 1. The third-order valence-electron chi connectivity index (χ3n) is 2.78. The van der Waals surface area contributed by atoms with Gasteiger partial charge < -0.3 is 10.4 Å². The van der Waals surface area contributed by atoms with Gasteiger partial charge in [0.1, 0.15) is 22.7 Å². The second kappa shape index (κ2) is 7.23. The minimum absolute atomic E-state index is 0.306. The van der Waals surface area contributed by atoms with Crippen LogP contribution in [0.2, 0.25) is 0 Å². The molecule has 2 rings (SSSR count). The number of halogens is 2. The van der Waals surface area contributed by atoms with Gasteiger partial charge in [-0.1, -0.05) is 24.3 Å². The van der Waals surface area contributed by atoms with E-state index in [0.717, 1.165) is 17.1 Å². The molecular weight excluding hydrogens is 314 g/mol. The molecule has 0 radical (unpaired) electrons. The summed E-state index contributed by atoms with van der Waals surface area (Å²) < 4.78 is 26.9. The van der Waals surface area contributed by atoms with Gasteiger partial charge in [-0.3, -0.25) is 5.32 Å². The summed E-state index contributed by atoms with van der Waals surface area (Å²) in [4.78, 5) is 11.6. The number of nitrogens with one attached hydrogen (secondary N) is 2. The highest BCUT2D eigenvalue weighted by Crippen LogP contribution is 2.20. The van der Waals surface area contributed by atoms with Gasteiger partial charge in [-0.15, -0.1) is 10.2 Å². The van der Waals surface area contributed by atoms with Crippen LogP contribution in [0.5, 0.6) is 0 Å². The molecular formula is C13H14F2N4O2S. The van der Waals surface area contributed by atoms with Crippen LogP contribution in [0.1, 0.15) is 23.6 Å². The molecule has 1 atom stereocenters. The molecule has 22 heavy (non-hydrogen) atoms. The Balaban J connectivity index is 1.90. The van der Waals surface area contributed by atoms with Crippen LogP contribution >= 0.6 is 11.3 Å². The van der Waals surface area contributed by atoms with Gasteiger partial charge in [-0.25, -0.2) is 13.6 Å². The van der Waals surface area contributed by atoms with Crippen LogP contribution in [-0.4, -0.2) is 27.9 Å². The monoisotopic (exact) mass is 328 g/mol. The topological polar surface area (TPSA) is 87.1 Å². The highest BCUT2D eigenvalue weighted by molar-refractivity contribution is 7.15. The van der Waals surface area contributed by atoms with E-state index in [1.807, 2.05) is 6.92 Å². The highest BCUT2D eigenvalue weighted by atomic mass is 32.1. The first-order chi connectivity index (χ1) is 10.5. The summed E-state index contributed by atoms with van der Waals surface area (Å²) in [6, 6.07) is 2.63. The Kier molecular flexibility index (Phi) is 5.34. The number of aromatic nitrogens is 2. The van der Waals surface area contributed by atoms with Gasteiger partial charge in [0.25, 0.3) is 0 Å². The van der Waals surface area contributed by atoms with Gasteiger partial charge in [0.2, 0.25) is 5.13 Å². The fourth-order valence-electron chi connectivity index (χ4n) is 1.71. The second-order valence-corrected chi connectivity index (χ2v) is 5.40. The fourth-order valence-corrected chi connectivity index (χ4v) is 2.38. The van der Waals surface area contributed by atoms with Crippen molar-refractivity contribution in [3.8, 4) is 0 Å². The largest absolute Gasteiger partial charge is 0.386 e. The molecule has 0 saturated carbocycles. The van der Waals surface area contributed by atoms with Crippen LogP contribution in [0, 0.1) is 11.6 Å². The molecule has 0 aliphatic heterocycles. The molecule has 0 fully saturated rings. The zero-order chi connectivity index (χ0) is 16.1. The van der Waals surface area contributed by atoms with Gasteiger partial charge in [-0.2, -0.15) is 0 Å². The maximum absolute atomic E-state index is 13.5. The van der Waals surface area contributed by atoms with Gasteiger partial charge >= 0.3 is 6.03 Å². The molecule has 1 aromatic heterocycles. The smallest absolute Gasteiger partial charge is 0.321 e. The molecule has 1 aromatic carbocycles. The summed E-state index contributed by atoms with van der Waals surface area (Å²) in [7, 11) is 0. The molecule has 0 saturated heterocycles.